The van der Waals surface area contributed by atoms with Crippen molar-refractivity contribution in [2.24, 2.45) is 0 Å². The predicted molar refractivity (Wildman–Crippen MR) is 153 cm³/mol. The summed E-state index contributed by atoms with van der Waals surface area (Å²) < 4.78 is 1.58. The summed E-state index contributed by atoms with van der Waals surface area (Å²) >= 11 is 0. The number of amides is 2. The number of aryl methyl sites for hydroxylation is 1. The van der Waals surface area contributed by atoms with E-state index in [2.05, 4.69) is 20.6 Å². The van der Waals surface area contributed by atoms with Crippen LogP contribution in [-0.4, -0.2) is 37.3 Å². The van der Waals surface area contributed by atoms with Gasteiger partial charge in [-0.1, -0.05) is 48.5 Å². The predicted octanol–water partition coefficient (Wildman–Crippen LogP) is 5.37. The zero-order chi connectivity index (χ0) is 27.6. The normalized spacial score (nSPS) is 12.4. The Labute approximate surface area is 227 Å². The summed E-state index contributed by atoms with van der Waals surface area (Å²) in [6.07, 6.45) is 2.47. The first-order valence-electron chi connectivity index (χ1n) is 13.1. The van der Waals surface area contributed by atoms with Crippen LogP contribution in [0.15, 0.2) is 85.1 Å². The first-order chi connectivity index (χ1) is 18.8. The van der Waals surface area contributed by atoms with Crippen molar-refractivity contribution in [3.05, 3.63) is 96.2 Å². The second-order valence-electron chi connectivity index (χ2n) is 10.4. The van der Waals surface area contributed by atoms with Crippen LogP contribution in [0.3, 0.4) is 0 Å². The first kappa shape index (κ1) is 26.0. The molecule has 39 heavy (non-hydrogen) atoms. The van der Waals surface area contributed by atoms with E-state index in [0.717, 1.165) is 28.4 Å². The lowest BCUT2D eigenvalue weighted by molar-refractivity contribution is -0.128. The summed E-state index contributed by atoms with van der Waals surface area (Å²) in [5, 5.41) is 12.5. The van der Waals surface area contributed by atoms with E-state index >= 15 is 0 Å². The Morgan fingerprint density at radius 3 is 2.59 bits per heavy atom. The molecule has 5 aromatic rings. The largest absolute Gasteiger partial charge is 0.349 e. The highest BCUT2D eigenvalue weighted by Gasteiger charge is 2.35. The summed E-state index contributed by atoms with van der Waals surface area (Å²) in [5.41, 5.74) is 4.11. The van der Waals surface area contributed by atoms with Crippen molar-refractivity contribution in [2.75, 3.05) is 4.90 Å². The van der Waals surface area contributed by atoms with E-state index in [0.29, 0.717) is 16.8 Å². The number of carbonyl (C=O) groups excluding carboxylic acids is 2. The SMILES string of the molecule is CCC(C)(C)NC(=O)[C@@H](c1ccc2ncccc2c1)N(C(=O)Cn1nnc2ccccc21)c1cccc(C)c1. The van der Waals surface area contributed by atoms with Gasteiger partial charge in [0.1, 0.15) is 18.1 Å². The fourth-order valence-corrected chi connectivity index (χ4v) is 4.63. The number of rotatable bonds is 8. The van der Waals surface area contributed by atoms with E-state index in [-0.39, 0.29) is 18.4 Å². The number of nitrogens with one attached hydrogen (secondary N) is 1. The Bertz CT molecular complexity index is 1660. The smallest absolute Gasteiger partial charge is 0.249 e. The van der Waals surface area contributed by atoms with Gasteiger partial charge in [-0.25, -0.2) is 4.68 Å². The maximum Gasteiger partial charge on any atom is 0.249 e. The van der Waals surface area contributed by atoms with Crippen molar-refractivity contribution in [2.45, 2.75) is 52.2 Å². The number of pyridine rings is 1. The van der Waals surface area contributed by atoms with E-state index in [1.807, 2.05) is 107 Å². The maximum atomic E-state index is 14.2. The van der Waals surface area contributed by atoms with Crippen molar-refractivity contribution >= 4 is 39.4 Å². The summed E-state index contributed by atoms with van der Waals surface area (Å²) in [5.74, 6) is -0.541. The summed E-state index contributed by atoms with van der Waals surface area (Å²) in [6.45, 7) is 7.87. The minimum Gasteiger partial charge on any atom is -0.349 e. The topological polar surface area (TPSA) is 93.0 Å². The monoisotopic (exact) mass is 520 g/mol. The number of nitrogens with zero attached hydrogens (tertiary/aromatic N) is 5. The van der Waals surface area contributed by atoms with Gasteiger partial charge in [0.05, 0.1) is 11.0 Å². The molecule has 0 spiro atoms. The fraction of sp³-hybridized carbons (Fsp3) is 0.258. The van der Waals surface area contributed by atoms with E-state index < -0.39 is 11.6 Å². The molecule has 198 valence electrons. The van der Waals surface area contributed by atoms with Crippen LogP contribution in [0, 0.1) is 6.92 Å². The third-order valence-electron chi connectivity index (χ3n) is 7.05. The van der Waals surface area contributed by atoms with Crippen LogP contribution < -0.4 is 10.2 Å². The molecule has 8 heteroatoms. The van der Waals surface area contributed by atoms with Crippen molar-refractivity contribution in [1.29, 1.82) is 0 Å². The molecule has 0 fully saturated rings. The average Bonchev–Trinajstić information content (AvgIpc) is 3.33. The second-order valence-corrected chi connectivity index (χ2v) is 10.4. The zero-order valence-electron chi connectivity index (χ0n) is 22.6. The van der Waals surface area contributed by atoms with Crippen LogP contribution in [0.5, 0.6) is 0 Å². The van der Waals surface area contributed by atoms with E-state index in [1.165, 1.54) is 0 Å². The maximum absolute atomic E-state index is 14.2. The summed E-state index contributed by atoms with van der Waals surface area (Å²) in [7, 11) is 0. The van der Waals surface area contributed by atoms with Crippen LogP contribution in [-0.2, 0) is 16.1 Å². The number of hydrogen-bond donors (Lipinski definition) is 1. The number of aromatic nitrogens is 4. The van der Waals surface area contributed by atoms with Crippen LogP contribution in [0.4, 0.5) is 5.69 Å². The number of fused-ring (bicyclic) bond motifs is 2. The van der Waals surface area contributed by atoms with Gasteiger partial charge in [-0.05, 0) is 80.8 Å². The molecule has 5 rings (SSSR count). The lowest BCUT2D eigenvalue weighted by Crippen LogP contribution is -2.51. The Hall–Kier alpha value is -4.59. The highest BCUT2D eigenvalue weighted by atomic mass is 16.2. The first-order valence-corrected chi connectivity index (χ1v) is 13.1. The molecule has 1 atom stereocenters. The number of carbonyl (C=O) groups is 2. The number of hydrogen-bond acceptors (Lipinski definition) is 5. The molecule has 1 N–H and O–H groups in total. The fourth-order valence-electron chi connectivity index (χ4n) is 4.63. The van der Waals surface area contributed by atoms with Gasteiger partial charge in [0, 0.05) is 22.8 Å². The Kier molecular flexibility index (Phi) is 7.11. The van der Waals surface area contributed by atoms with E-state index in [9.17, 15) is 9.59 Å². The molecule has 0 aliphatic carbocycles. The molecule has 0 aliphatic heterocycles. The number of anilines is 1. The molecule has 3 aromatic carbocycles. The van der Waals surface area contributed by atoms with Gasteiger partial charge in [0.15, 0.2) is 0 Å². The molecule has 0 aliphatic rings. The van der Waals surface area contributed by atoms with Gasteiger partial charge < -0.3 is 5.32 Å². The van der Waals surface area contributed by atoms with Gasteiger partial charge in [-0.3, -0.25) is 19.5 Å². The highest BCUT2D eigenvalue weighted by molar-refractivity contribution is 6.02. The Morgan fingerprint density at radius 1 is 0.974 bits per heavy atom. The number of para-hydroxylation sites is 1. The van der Waals surface area contributed by atoms with Gasteiger partial charge in [-0.2, -0.15) is 0 Å². The molecule has 0 saturated heterocycles. The van der Waals surface area contributed by atoms with Crippen molar-refractivity contribution < 1.29 is 9.59 Å². The van der Waals surface area contributed by atoms with E-state index in [1.54, 1.807) is 15.8 Å². The average molecular weight is 521 g/mol. The molecular weight excluding hydrogens is 488 g/mol. The third kappa shape index (κ3) is 5.50. The molecule has 0 unspecified atom stereocenters. The van der Waals surface area contributed by atoms with Crippen LogP contribution in [0.2, 0.25) is 0 Å². The van der Waals surface area contributed by atoms with Gasteiger partial charge in [0.25, 0.3) is 0 Å². The third-order valence-corrected chi connectivity index (χ3v) is 7.05. The van der Waals surface area contributed by atoms with Gasteiger partial charge >= 0.3 is 0 Å². The second kappa shape index (κ2) is 10.6. The molecular formula is C31H32N6O2. The highest BCUT2D eigenvalue weighted by Crippen LogP contribution is 2.31. The molecule has 2 amide bonds. The minimum atomic E-state index is -0.926. The molecule has 8 nitrogen and oxygen atoms in total. The van der Waals surface area contributed by atoms with Crippen LogP contribution in [0.1, 0.15) is 44.4 Å². The van der Waals surface area contributed by atoms with Crippen molar-refractivity contribution in [1.82, 2.24) is 25.3 Å². The molecule has 0 radical (unpaired) electrons. The standard InChI is InChI=1S/C31H32N6O2/c1-5-31(3,4)33-30(39)29(23-15-16-25-22(19-23)11-9-17-32-25)37(24-12-8-10-21(2)18-24)28(38)20-36-27-14-7-6-13-26(27)34-35-36/h6-19,29H,5,20H2,1-4H3,(H,33,39)/t29-/m1/s1. The van der Waals surface area contributed by atoms with Gasteiger partial charge in [-0.15, -0.1) is 5.10 Å². The molecule has 2 heterocycles. The molecule has 0 saturated carbocycles. The zero-order valence-corrected chi connectivity index (χ0v) is 22.6. The van der Waals surface area contributed by atoms with Crippen LogP contribution in [0.25, 0.3) is 21.9 Å². The van der Waals surface area contributed by atoms with E-state index in [4.69, 9.17) is 0 Å². The van der Waals surface area contributed by atoms with Crippen molar-refractivity contribution in [3.63, 3.8) is 0 Å². The lowest BCUT2D eigenvalue weighted by Gasteiger charge is -2.35. The Morgan fingerprint density at radius 2 is 1.79 bits per heavy atom. The number of benzene rings is 3. The molecule has 0 bridgehead atoms. The quantitative estimate of drug-likeness (QED) is 0.297. The van der Waals surface area contributed by atoms with Crippen LogP contribution >= 0.6 is 0 Å². The van der Waals surface area contributed by atoms with Crippen molar-refractivity contribution in [3.8, 4) is 0 Å². The molecule has 2 aromatic heterocycles. The Balaban J connectivity index is 1.65. The van der Waals surface area contributed by atoms with Gasteiger partial charge in [0.2, 0.25) is 11.8 Å². The summed E-state index contributed by atoms with van der Waals surface area (Å²) in [4.78, 5) is 34.4. The lowest BCUT2D eigenvalue weighted by atomic mass is 9.97. The minimum absolute atomic E-state index is 0.0788. The summed E-state index contributed by atoms with van der Waals surface area (Å²) in [6, 6.07) is 23.7.